The number of carbonyl (C=O) groups excluding carboxylic acids is 3. The van der Waals surface area contributed by atoms with Crippen molar-refractivity contribution in [1.29, 1.82) is 0 Å². The first kappa shape index (κ1) is 26.2. The Morgan fingerprint density at radius 1 is 1.03 bits per heavy atom. The van der Waals surface area contributed by atoms with Gasteiger partial charge in [0.25, 0.3) is 0 Å². The standard InChI is InChI=1S/C27H35N3O5/c1-27(2,3)35-26(34)29-22(18-31)25(33)30(21-15-10-16-21)23(20-13-8-5-9-14-20)24(32)28-17-19-11-6-4-7-12-19/h4-9,11-14,21-23,31H,10,15-18H2,1-3H3,(H,28,32)(H,29,34). The summed E-state index contributed by atoms with van der Waals surface area (Å²) in [5, 5.41) is 15.4. The number of nitrogens with zero attached hydrogens (tertiary/aromatic N) is 1. The lowest BCUT2D eigenvalue weighted by atomic mass is 9.88. The average Bonchev–Trinajstić information content (AvgIpc) is 2.79. The second-order valence-corrected chi connectivity index (χ2v) is 9.73. The van der Waals surface area contributed by atoms with Crippen molar-refractivity contribution in [2.24, 2.45) is 0 Å². The Balaban J connectivity index is 1.88. The molecule has 0 heterocycles. The van der Waals surface area contributed by atoms with Crippen LogP contribution >= 0.6 is 0 Å². The molecule has 3 amide bonds. The summed E-state index contributed by atoms with van der Waals surface area (Å²) in [7, 11) is 0. The van der Waals surface area contributed by atoms with Gasteiger partial charge in [0.2, 0.25) is 11.8 Å². The van der Waals surface area contributed by atoms with Crippen molar-refractivity contribution >= 4 is 17.9 Å². The van der Waals surface area contributed by atoms with Crippen LogP contribution in [0, 0.1) is 0 Å². The molecule has 0 spiro atoms. The van der Waals surface area contributed by atoms with Gasteiger partial charge in [-0.05, 0) is 51.2 Å². The highest BCUT2D eigenvalue weighted by Gasteiger charge is 2.41. The van der Waals surface area contributed by atoms with E-state index in [0.717, 1.165) is 24.8 Å². The first-order valence-electron chi connectivity index (χ1n) is 12.0. The molecule has 35 heavy (non-hydrogen) atoms. The molecule has 2 unspecified atom stereocenters. The maximum Gasteiger partial charge on any atom is 0.408 e. The molecular weight excluding hydrogens is 446 g/mol. The lowest BCUT2D eigenvalue weighted by Crippen LogP contribution is -2.58. The minimum absolute atomic E-state index is 0.176. The Hall–Kier alpha value is -3.39. The van der Waals surface area contributed by atoms with Crippen LogP contribution < -0.4 is 10.6 Å². The fraction of sp³-hybridized carbons (Fsp3) is 0.444. The normalized spacial score (nSPS) is 15.3. The summed E-state index contributed by atoms with van der Waals surface area (Å²) in [5.41, 5.74) is 0.839. The van der Waals surface area contributed by atoms with Gasteiger partial charge in [0, 0.05) is 12.6 Å². The fourth-order valence-electron chi connectivity index (χ4n) is 3.95. The first-order valence-corrected chi connectivity index (χ1v) is 12.0. The number of hydrogen-bond donors (Lipinski definition) is 3. The van der Waals surface area contributed by atoms with Gasteiger partial charge in [-0.1, -0.05) is 60.7 Å². The van der Waals surface area contributed by atoms with Gasteiger partial charge < -0.3 is 25.4 Å². The topological polar surface area (TPSA) is 108 Å². The van der Waals surface area contributed by atoms with Gasteiger partial charge in [0.05, 0.1) is 6.61 Å². The molecule has 1 fully saturated rings. The molecule has 188 valence electrons. The number of aliphatic hydroxyl groups excluding tert-OH is 1. The van der Waals surface area contributed by atoms with E-state index in [1.807, 2.05) is 48.5 Å². The zero-order chi connectivity index (χ0) is 25.4. The molecule has 0 aliphatic heterocycles. The summed E-state index contributed by atoms with van der Waals surface area (Å²) in [6.45, 7) is 4.84. The maximum atomic E-state index is 13.7. The highest BCUT2D eigenvalue weighted by atomic mass is 16.6. The maximum absolute atomic E-state index is 13.7. The molecule has 0 saturated heterocycles. The number of carbonyl (C=O) groups is 3. The van der Waals surface area contributed by atoms with Crippen LogP contribution in [0.1, 0.15) is 57.2 Å². The first-order chi connectivity index (χ1) is 16.7. The van der Waals surface area contributed by atoms with Gasteiger partial charge in [-0.2, -0.15) is 0 Å². The summed E-state index contributed by atoms with van der Waals surface area (Å²) >= 11 is 0. The summed E-state index contributed by atoms with van der Waals surface area (Å²) in [6, 6.07) is 16.3. The zero-order valence-corrected chi connectivity index (χ0v) is 20.6. The van der Waals surface area contributed by atoms with Gasteiger partial charge in [-0.15, -0.1) is 0 Å². The second-order valence-electron chi connectivity index (χ2n) is 9.73. The fourth-order valence-corrected chi connectivity index (χ4v) is 3.95. The minimum atomic E-state index is -1.24. The SMILES string of the molecule is CC(C)(C)OC(=O)NC(CO)C(=O)N(C1CCC1)C(C(=O)NCc1ccccc1)c1ccccc1. The smallest absolute Gasteiger partial charge is 0.408 e. The van der Waals surface area contributed by atoms with Gasteiger partial charge in [-0.25, -0.2) is 4.79 Å². The van der Waals surface area contributed by atoms with Crippen molar-refractivity contribution in [2.45, 2.75) is 70.3 Å². The molecule has 3 rings (SSSR count). The largest absolute Gasteiger partial charge is 0.444 e. The third kappa shape index (κ3) is 7.29. The molecule has 0 radical (unpaired) electrons. The Morgan fingerprint density at radius 3 is 2.14 bits per heavy atom. The molecular formula is C27H35N3O5. The van der Waals surface area contributed by atoms with Crippen LogP contribution in [0.25, 0.3) is 0 Å². The van der Waals surface area contributed by atoms with Crippen molar-refractivity contribution in [3.8, 4) is 0 Å². The third-order valence-corrected chi connectivity index (χ3v) is 5.85. The van der Waals surface area contributed by atoms with Crippen LogP contribution in [0.5, 0.6) is 0 Å². The summed E-state index contributed by atoms with van der Waals surface area (Å²) < 4.78 is 5.27. The number of amides is 3. The molecule has 8 heteroatoms. The Morgan fingerprint density at radius 2 is 1.63 bits per heavy atom. The second kappa shape index (κ2) is 11.8. The van der Waals surface area contributed by atoms with E-state index in [1.54, 1.807) is 32.9 Å². The highest BCUT2D eigenvalue weighted by Crippen LogP contribution is 2.33. The quantitative estimate of drug-likeness (QED) is 0.509. The number of aliphatic hydroxyl groups is 1. The lowest BCUT2D eigenvalue weighted by Gasteiger charge is -2.43. The predicted molar refractivity (Wildman–Crippen MR) is 132 cm³/mol. The van der Waals surface area contributed by atoms with Crippen LogP contribution in [-0.4, -0.2) is 52.2 Å². The average molecular weight is 482 g/mol. The summed E-state index contributed by atoms with van der Waals surface area (Å²) in [6.07, 6.45) is 1.62. The molecule has 1 aliphatic carbocycles. The van der Waals surface area contributed by atoms with E-state index in [9.17, 15) is 19.5 Å². The van der Waals surface area contributed by atoms with Gasteiger partial charge in [-0.3, -0.25) is 9.59 Å². The minimum Gasteiger partial charge on any atom is -0.444 e. The number of alkyl carbamates (subject to hydrolysis) is 1. The number of benzene rings is 2. The Kier molecular flexibility index (Phi) is 8.87. The summed E-state index contributed by atoms with van der Waals surface area (Å²) in [5.74, 6) is -0.846. The molecule has 0 aromatic heterocycles. The van der Waals surface area contributed by atoms with E-state index in [-0.39, 0.29) is 11.9 Å². The number of hydrogen-bond acceptors (Lipinski definition) is 5. The van der Waals surface area contributed by atoms with Crippen LogP contribution in [0.15, 0.2) is 60.7 Å². The molecule has 2 atom stereocenters. The van der Waals surface area contributed by atoms with Gasteiger partial charge >= 0.3 is 6.09 Å². The van der Waals surface area contributed by atoms with E-state index in [1.165, 1.54) is 4.90 Å². The van der Waals surface area contributed by atoms with Crippen molar-refractivity contribution in [3.05, 3.63) is 71.8 Å². The van der Waals surface area contributed by atoms with E-state index in [0.29, 0.717) is 12.1 Å². The van der Waals surface area contributed by atoms with E-state index >= 15 is 0 Å². The molecule has 0 bridgehead atoms. The van der Waals surface area contributed by atoms with Crippen molar-refractivity contribution in [3.63, 3.8) is 0 Å². The summed E-state index contributed by atoms with van der Waals surface area (Å²) in [4.78, 5) is 41.1. The van der Waals surface area contributed by atoms with Crippen LogP contribution in [0.2, 0.25) is 0 Å². The Labute approximate surface area is 206 Å². The number of nitrogens with one attached hydrogen (secondary N) is 2. The van der Waals surface area contributed by atoms with Gasteiger partial charge in [0.1, 0.15) is 17.7 Å². The van der Waals surface area contributed by atoms with Crippen LogP contribution in [0.3, 0.4) is 0 Å². The third-order valence-electron chi connectivity index (χ3n) is 5.85. The van der Waals surface area contributed by atoms with Crippen LogP contribution in [0.4, 0.5) is 4.79 Å². The highest BCUT2D eigenvalue weighted by molar-refractivity contribution is 5.92. The van der Waals surface area contributed by atoms with Gasteiger partial charge in [0.15, 0.2) is 0 Å². The van der Waals surface area contributed by atoms with E-state index in [4.69, 9.17) is 4.74 Å². The molecule has 2 aromatic rings. The molecule has 1 saturated carbocycles. The predicted octanol–water partition coefficient (Wildman–Crippen LogP) is 3.31. The van der Waals surface area contributed by atoms with Crippen molar-refractivity contribution in [2.75, 3.05) is 6.61 Å². The number of ether oxygens (including phenoxy) is 1. The van der Waals surface area contributed by atoms with E-state index in [2.05, 4.69) is 10.6 Å². The zero-order valence-electron chi connectivity index (χ0n) is 20.6. The molecule has 2 aromatic carbocycles. The van der Waals surface area contributed by atoms with Crippen molar-refractivity contribution in [1.82, 2.24) is 15.5 Å². The van der Waals surface area contributed by atoms with Crippen molar-refractivity contribution < 1.29 is 24.2 Å². The van der Waals surface area contributed by atoms with Crippen LogP contribution in [-0.2, 0) is 20.9 Å². The lowest BCUT2D eigenvalue weighted by molar-refractivity contribution is -0.148. The monoisotopic (exact) mass is 481 g/mol. The number of rotatable bonds is 9. The molecule has 1 aliphatic rings. The van der Waals surface area contributed by atoms with E-state index < -0.39 is 36.3 Å². The molecule has 3 N–H and O–H groups in total. The Bertz CT molecular complexity index is 987. The molecule has 8 nitrogen and oxygen atoms in total.